The molecule has 2 bridgehead atoms. The van der Waals surface area contributed by atoms with Crippen molar-refractivity contribution >= 4 is 0 Å². The van der Waals surface area contributed by atoms with Crippen molar-refractivity contribution in [2.24, 2.45) is 23.7 Å². The minimum absolute atomic E-state index is 0.314. The van der Waals surface area contributed by atoms with Gasteiger partial charge in [-0.3, -0.25) is 0 Å². The molecule has 0 aromatic carbocycles. The van der Waals surface area contributed by atoms with Crippen LogP contribution in [0.2, 0.25) is 0 Å². The van der Waals surface area contributed by atoms with E-state index in [1.54, 1.807) is 0 Å². The molecule has 88 valence electrons. The monoisotopic (exact) mass is 218 g/mol. The number of rotatable bonds is 1. The summed E-state index contributed by atoms with van der Waals surface area (Å²) in [4.78, 5) is 0. The maximum Gasteiger partial charge on any atom is 0.0734 e. The van der Waals surface area contributed by atoms with Crippen molar-refractivity contribution in [3.8, 4) is 0 Å². The van der Waals surface area contributed by atoms with Gasteiger partial charge in [-0.05, 0) is 50.4 Å². The van der Waals surface area contributed by atoms with Crippen LogP contribution in [0.15, 0.2) is 23.8 Å². The van der Waals surface area contributed by atoms with E-state index >= 15 is 0 Å². The summed E-state index contributed by atoms with van der Waals surface area (Å²) in [5.74, 6) is 3.21. The maximum absolute atomic E-state index is 6.15. The molecule has 2 aliphatic carbocycles. The zero-order valence-corrected chi connectivity index (χ0v) is 10.5. The molecule has 0 spiro atoms. The minimum Gasteiger partial charge on any atom is -0.371 e. The summed E-state index contributed by atoms with van der Waals surface area (Å²) in [5.41, 5.74) is 1.52. The van der Waals surface area contributed by atoms with Crippen LogP contribution < -0.4 is 0 Å². The Morgan fingerprint density at radius 2 is 1.94 bits per heavy atom. The van der Waals surface area contributed by atoms with E-state index in [2.05, 4.69) is 39.0 Å². The zero-order valence-electron chi connectivity index (χ0n) is 10.5. The van der Waals surface area contributed by atoms with Crippen molar-refractivity contribution in [2.45, 2.75) is 45.8 Å². The fraction of sp³-hybridized carbons (Fsp3) is 0.733. The van der Waals surface area contributed by atoms with Crippen LogP contribution in [0.3, 0.4) is 0 Å². The van der Waals surface area contributed by atoms with Crippen molar-refractivity contribution in [1.29, 1.82) is 0 Å². The largest absolute Gasteiger partial charge is 0.371 e. The van der Waals surface area contributed by atoms with Gasteiger partial charge in [0.1, 0.15) is 0 Å². The Balaban J connectivity index is 1.79. The summed E-state index contributed by atoms with van der Waals surface area (Å²) < 4.78 is 6.15. The Hall–Kier alpha value is -0.560. The molecule has 6 unspecified atom stereocenters. The maximum atomic E-state index is 6.15. The molecule has 0 saturated heterocycles. The summed E-state index contributed by atoms with van der Waals surface area (Å²) >= 11 is 0. The first-order valence-corrected chi connectivity index (χ1v) is 6.66. The molecule has 0 amide bonds. The first-order valence-electron chi connectivity index (χ1n) is 6.66. The van der Waals surface area contributed by atoms with E-state index < -0.39 is 0 Å². The molecule has 0 aromatic rings. The van der Waals surface area contributed by atoms with Crippen LogP contribution in [-0.2, 0) is 4.74 Å². The number of allylic oxidation sites excluding steroid dienone is 2. The molecular weight excluding hydrogens is 196 g/mol. The van der Waals surface area contributed by atoms with Crippen molar-refractivity contribution in [1.82, 2.24) is 0 Å². The second-order valence-corrected chi connectivity index (χ2v) is 5.98. The van der Waals surface area contributed by atoms with Crippen LogP contribution in [-0.4, -0.2) is 12.2 Å². The van der Waals surface area contributed by atoms with Crippen LogP contribution in [0.5, 0.6) is 0 Å². The molecule has 3 rings (SSSR count). The van der Waals surface area contributed by atoms with Crippen molar-refractivity contribution < 1.29 is 4.74 Å². The third-order valence-corrected chi connectivity index (χ3v) is 4.79. The van der Waals surface area contributed by atoms with Gasteiger partial charge in [-0.2, -0.15) is 0 Å². The van der Waals surface area contributed by atoms with E-state index in [0.29, 0.717) is 12.2 Å². The Morgan fingerprint density at radius 1 is 1.19 bits per heavy atom. The normalized spacial score (nSPS) is 50.8. The van der Waals surface area contributed by atoms with Crippen molar-refractivity contribution in [3.05, 3.63) is 23.8 Å². The average Bonchev–Trinajstić information content (AvgIpc) is 2.75. The van der Waals surface area contributed by atoms with E-state index in [0.717, 1.165) is 30.1 Å². The van der Waals surface area contributed by atoms with E-state index in [1.165, 1.54) is 12.0 Å². The molecule has 1 saturated carbocycles. The lowest BCUT2D eigenvalue weighted by molar-refractivity contribution is -0.0409. The lowest BCUT2D eigenvalue weighted by Crippen LogP contribution is -2.36. The predicted octanol–water partition coefficient (Wildman–Crippen LogP) is 3.57. The second-order valence-electron chi connectivity index (χ2n) is 5.98. The Kier molecular flexibility index (Phi) is 2.47. The van der Waals surface area contributed by atoms with Gasteiger partial charge in [0, 0.05) is 0 Å². The quantitative estimate of drug-likeness (QED) is 0.611. The van der Waals surface area contributed by atoms with Gasteiger partial charge in [-0.15, -0.1) is 0 Å². The molecule has 0 radical (unpaired) electrons. The molecule has 6 atom stereocenters. The fourth-order valence-electron chi connectivity index (χ4n) is 4.10. The number of ether oxygens (including phenoxy) is 1. The smallest absolute Gasteiger partial charge is 0.0734 e. The van der Waals surface area contributed by atoms with Crippen molar-refractivity contribution in [2.75, 3.05) is 0 Å². The zero-order chi connectivity index (χ0) is 11.3. The van der Waals surface area contributed by atoms with Gasteiger partial charge in [0.15, 0.2) is 0 Å². The highest BCUT2D eigenvalue weighted by Crippen LogP contribution is 2.51. The molecule has 1 heteroatoms. The Labute approximate surface area is 98.6 Å². The molecular formula is C15H22O. The van der Waals surface area contributed by atoms with Crippen molar-refractivity contribution in [3.63, 3.8) is 0 Å². The van der Waals surface area contributed by atoms with E-state index in [-0.39, 0.29) is 0 Å². The number of hydrogen-bond acceptors (Lipinski definition) is 1. The molecule has 1 fully saturated rings. The van der Waals surface area contributed by atoms with Gasteiger partial charge in [0.2, 0.25) is 0 Å². The summed E-state index contributed by atoms with van der Waals surface area (Å²) in [6.07, 6.45) is 10.4. The van der Waals surface area contributed by atoms with Gasteiger partial charge in [-0.1, -0.05) is 30.7 Å². The third-order valence-electron chi connectivity index (χ3n) is 4.79. The highest BCUT2D eigenvalue weighted by atomic mass is 16.5. The first kappa shape index (κ1) is 10.6. The highest BCUT2D eigenvalue weighted by Gasteiger charge is 2.46. The average molecular weight is 218 g/mol. The van der Waals surface area contributed by atoms with E-state index in [1.807, 2.05) is 0 Å². The van der Waals surface area contributed by atoms with Crippen LogP contribution >= 0.6 is 0 Å². The number of hydrogen-bond donors (Lipinski definition) is 0. The van der Waals surface area contributed by atoms with E-state index in [9.17, 15) is 0 Å². The number of fused-ring (bicyclic) bond motifs is 2. The van der Waals surface area contributed by atoms with Crippen LogP contribution in [0.1, 0.15) is 33.6 Å². The lowest BCUT2D eigenvalue weighted by atomic mass is 9.78. The molecule has 1 heterocycles. The van der Waals surface area contributed by atoms with Gasteiger partial charge in [0.05, 0.1) is 12.2 Å². The molecule has 1 aliphatic heterocycles. The van der Waals surface area contributed by atoms with Gasteiger partial charge in [0.25, 0.3) is 0 Å². The Bertz CT molecular complexity index is 341. The molecule has 1 nitrogen and oxygen atoms in total. The first-order chi connectivity index (χ1) is 7.65. The van der Waals surface area contributed by atoms with Gasteiger partial charge in [-0.25, -0.2) is 0 Å². The van der Waals surface area contributed by atoms with Crippen LogP contribution in [0.25, 0.3) is 0 Å². The standard InChI is InChI=1S/C15H22O/c1-9-6-10(2)16-14(7-9)15-11(3)12-4-5-13(15)8-12/h4-6,10-15H,7-8H2,1-3H3. The molecule has 3 aliphatic rings. The van der Waals surface area contributed by atoms with E-state index in [4.69, 9.17) is 4.74 Å². The Morgan fingerprint density at radius 3 is 2.56 bits per heavy atom. The summed E-state index contributed by atoms with van der Waals surface area (Å²) in [6, 6.07) is 0. The highest BCUT2D eigenvalue weighted by molar-refractivity contribution is 5.17. The fourth-order valence-corrected chi connectivity index (χ4v) is 4.10. The van der Waals surface area contributed by atoms with Crippen LogP contribution in [0, 0.1) is 23.7 Å². The summed E-state index contributed by atoms with van der Waals surface area (Å²) in [5, 5.41) is 0. The summed E-state index contributed by atoms with van der Waals surface area (Å²) in [7, 11) is 0. The molecule has 16 heavy (non-hydrogen) atoms. The molecule has 0 N–H and O–H groups in total. The van der Waals surface area contributed by atoms with Crippen LogP contribution in [0.4, 0.5) is 0 Å². The minimum atomic E-state index is 0.314. The van der Waals surface area contributed by atoms with Gasteiger partial charge >= 0.3 is 0 Å². The molecule has 0 aromatic heterocycles. The lowest BCUT2D eigenvalue weighted by Gasteiger charge is -2.36. The second kappa shape index (κ2) is 3.73. The SMILES string of the molecule is CC1=CC(C)OC(C2C3C=CC(C3)C2C)C1. The topological polar surface area (TPSA) is 9.23 Å². The summed E-state index contributed by atoms with van der Waals surface area (Å²) in [6.45, 7) is 6.84. The third kappa shape index (κ3) is 1.57. The van der Waals surface area contributed by atoms with Gasteiger partial charge < -0.3 is 4.74 Å². The predicted molar refractivity (Wildman–Crippen MR) is 66.1 cm³/mol.